The lowest BCUT2D eigenvalue weighted by molar-refractivity contribution is -0.137. The number of aromatic nitrogens is 1. The highest BCUT2D eigenvalue weighted by Gasteiger charge is 2.34. The Hall–Kier alpha value is -2.11. The molecule has 0 radical (unpaired) electrons. The van der Waals surface area contributed by atoms with E-state index in [1.807, 2.05) is 0 Å². The number of nitrogens with zero attached hydrogens (tertiary/aromatic N) is 2. The third-order valence-electron chi connectivity index (χ3n) is 3.88. The fourth-order valence-corrected chi connectivity index (χ4v) is 3.88. The molecular formula is C16H14F3N3OS. The van der Waals surface area contributed by atoms with Crippen molar-refractivity contribution >= 4 is 22.2 Å². The van der Waals surface area contributed by atoms with Gasteiger partial charge in [-0.3, -0.25) is 0 Å². The van der Waals surface area contributed by atoms with Crippen molar-refractivity contribution in [2.75, 3.05) is 12.4 Å². The molecule has 0 saturated carbocycles. The summed E-state index contributed by atoms with van der Waals surface area (Å²) in [6.45, 7) is 0. The molecule has 24 heavy (non-hydrogen) atoms. The number of methoxy groups -OCH3 is 1. The maximum atomic E-state index is 13.0. The Labute approximate surface area is 140 Å². The molecule has 0 bridgehead atoms. The first-order valence-corrected chi connectivity index (χ1v) is 8.14. The van der Waals surface area contributed by atoms with Crippen molar-refractivity contribution in [1.82, 2.24) is 4.98 Å². The molecular weight excluding hydrogens is 339 g/mol. The lowest BCUT2D eigenvalue weighted by Gasteiger charge is -2.18. The third-order valence-corrected chi connectivity index (χ3v) is 4.99. The number of benzene rings is 1. The van der Waals surface area contributed by atoms with Crippen LogP contribution in [0.15, 0.2) is 18.2 Å². The SMILES string of the molecule is COC1CCCc2nc(Nc3ccc(C#N)c(C(F)(F)F)c3)sc21. The summed E-state index contributed by atoms with van der Waals surface area (Å²) >= 11 is 1.39. The van der Waals surface area contributed by atoms with Crippen LogP contribution in [0.2, 0.25) is 0 Å². The number of nitriles is 1. The van der Waals surface area contributed by atoms with Gasteiger partial charge in [-0.15, -0.1) is 0 Å². The third kappa shape index (κ3) is 3.23. The topological polar surface area (TPSA) is 57.9 Å². The van der Waals surface area contributed by atoms with Gasteiger partial charge in [0.05, 0.1) is 33.9 Å². The molecule has 126 valence electrons. The second kappa shape index (κ2) is 6.42. The monoisotopic (exact) mass is 353 g/mol. The van der Waals surface area contributed by atoms with Gasteiger partial charge in [-0.1, -0.05) is 11.3 Å². The lowest BCUT2D eigenvalue weighted by Crippen LogP contribution is -2.09. The summed E-state index contributed by atoms with van der Waals surface area (Å²) < 4.78 is 44.5. The van der Waals surface area contributed by atoms with Gasteiger partial charge in [-0.25, -0.2) is 4.98 Å². The Morgan fingerprint density at radius 3 is 2.88 bits per heavy atom. The quantitative estimate of drug-likeness (QED) is 0.861. The number of thiazole rings is 1. The van der Waals surface area contributed by atoms with Gasteiger partial charge in [0, 0.05) is 12.8 Å². The van der Waals surface area contributed by atoms with Crippen LogP contribution < -0.4 is 5.32 Å². The van der Waals surface area contributed by atoms with Crippen LogP contribution in [-0.4, -0.2) is 12.1 Å². The first-order chi connectivity index (χ1) is 11.4. The summed E-state index contributed by atoms with van der Waals surface area (Å²) in [6.07, 6.45) is -1.85. The van der Waals surface area contributed by atoms with Gasteiger partial charge in [0.15, 0.2) is 5.13 Å². The summed E-state index contributed by atoms with van der Waals surface area (Å²) in [6, 6.07) is 5.12. The standard InChI is InChI=1S/C16H14F3N3OS/c1-23-13-4-2-3-12-14(13)24-15(22-12)21-10-6-5-9(8-20)11(7-10)16(17,18)19/h5-7,13H,2-4H2,1H3,(H,21,22). The number of rotatable bonds is 3. The Morgan fingerprint density at radius 1 is 1.42 bits per heavy atom. The van der Waals surface area contributed by atoms with Crippen LogP contribution >= 0.6 is 11.3 Å². The summed E-state index contributed by atoms with van der Waals surface area (Å²) in [7, 11) is 1.64. The number of hydrogen-bond acceptors (Lipinski definition) is 5. The molecule has 4 nitrogen and oxygen atoms in total. The minimum absolute atomic E-state index is 0.00602. The second-order valence-corrected chi connectivity index (χ2v) is 6.47. The molecule has 0 saturated heterocycles. The number of nitrogens with one attached hydrogen (secondary N) is 1. The summed E-state index contributed by atoms with van der Waals surface area (Å²) in [5.41, 5.74) is -0.163. The molecule has 0 aliphatic heterocycles. The maximum Gasteiger partial charge on any atom is 0.417 e. The van der Waals surface area contributed by atoms with E-state index in [-0.39, 0.29) is 11.8 Å². The lowest BCUT2D eigenvalue weighted by atomic mass is 10.0. The molecule has 0 fully saturated rings. The molecule has 3 rings (SSSR count). The summed E-state index contributed by atoms with van der Waals surface area (Å²) in [4.78, 5) is 5.48. The zero-order chi connectivity index (χ0) is 17.3. The molecule has 2 aromatic rings. The molecule has 1 aromatic carbocycles. The van der Waals surface area contributed by atoms with Gasteiger partial charge in [0.2, 0.25) is 0 Å². The second-order valence-electron chi connectivity index (χ2n) is 5.44. The van der Waals surface area contributed by atoms with E-state index in [2.05, 4.69) is 10.3 Å². The minimum atomic E-state index is -4.58. The molecule has 1 unspecified atom stereocenters. The van der Waals surface area contributed by atoms with Crippen LogP contribution in [0.25, 0.3) is 0 Å². The predicted octanol–water partition coefficient (Wildman–Crippen LogP) is 4.80. The Morgan fingerprint density at radius 2 is 2.21 bits per heavy atom. The fraction of sp³-hybridized carbons (Fsp3) is 0.375. The van der Waals surface area contributed by atoms with Crippen LogP contribution in [0.1, 0.15) is 40.6 Å². The van der Waals surface area contributed by atoms with Crippen molar-refractivity contribution < 1.29 is 17.9 Å². The van der Waals surface area contributed by atoms with Crippen LogP contribution in [0.5, 0.6) is 0 Å². The predicted molar refractivity (Wildman–Crippen MR) is 84.2 cm³/mol. The van der Waals surface area contributed by atoms with Gasteiger partial charge in [0.25, 0.3) is 0 Å². The van der Waals surface area contributed by atoms with Crippen LogP contribution in [0.4, 0.5) is 24.0 Å². The van der Waals surface area contributed by atoms with Gasteiger partial charge in [-0.05, 0) is 37.5 Å². The van der Waals surface area contributed by atoms with Crippen LogP contribution in [0, 0.1) is 11.3 Å². The van der Waals surface area contributed by atoms with E-state index in [1.54, 1.807) is 13.2 Å². The van der Waals surface area contributed by atoms with Crippen molar-refractivity contribution in [2.45, 2.75) is 31.5 Å². The molecule has 1 heterocycles. The van der Waals surface area contributed by atoms with Crippen LogP contribution in [-0.2, 0) is 17.3 Å². The molecule has 0 amide bonds. The van der Waals surface area contributed by atoms with Crippen molar-refractivity contribution in [1.29, 1.82) is 5.26 Å². The molecule has 1 atom stereocenters. The average Bonchev–Trinajstić information content (AvgIpc) is 2.96. The van der Waals surface area contributed by atoms with E-state index in [1.165, 1.54) is 17.4 Å². The number of fused-ring (bicyclic) bond motifs is 1. The largest absolute Gasteiger partial charge is 0.417 e. The van der Waals surface area contributed by atoms with Gasteiger partial charge < -0.3 is 10.1 Å². The van der Waals surface area contributed by atoms with Gasteiger partial charge in [-0.2, -0.15) is 18.4 Å². The fourth-order valence-electron chi connectivity index (χ4n) is 2.74. The number of ether oxygens (including phenoxy) is 1. The first-order valence-electron chi connectivity index (χ1n) is 7.33. The van der Waals surface area contributed by atoms with Crippen molar-refractivity contribution in [3.8, 4) is 6.07 Å². The number of halogens is 3. The average molecular weight is 353 g/mol. The summed E-state index contributed by atoms with van der Waals surface area (Å²) in [5, 5.41) is 12.3. The normalized spacial score (nSPS) is 17.2. The molecule has 8 heteroatoms. The number of anilines is 2. The molecule has 1 aliphatic rings. The highest BCUT2D eigenvalue weighted by molar-refractivity contribution is 7.15. The smallest absolute Gasteiger partial charge is 0.376 e. The van der Waals surface area contributed by atoms with Crippen LogP contribution in [0.3, 0.4) is 0 Å². The van der Waals surface area contributed by atoms with E-state index in [9.17, 15) is 13.2 Å². The van der Waals surface area contributed by atoms with Gasteiger partial charge in [0.1, 0.15) is 0 Å². The Kier molecular flexibility index (Phi) is 4.47. The number of aryl methyl sites for hydroxylation is 1. The summed E-state index contributed by atoms with van der Waals surface area (Å²) in [5.74, 6) is 0. The number of hydrogen-bond donors (Lipinski definition) is 1. The molecule has 1 aliphatic carbocycles. The highest BCUT2D eigenvalue weighted by Crippen LogP contribution is 2.39. The van der Waals surface area contributed by atoms with Crippen molar-refractivity contribution in [2.24, 2.45) is 0 Å². The van der Waals surface area contributed by atoms with E-state index in [0.29, 0.717) is 5.13 Å². The van der Waals surface area contributed by atoms with E-state index < -0.39 is 17.3 Å². The van der Waals surface area contributed by atoms with E-state index in [0.717, 1.165) is 42.0 Å². The van der Waals surface area contributed by atoms with Gasteiger partial charge >= 0.3 is 6.18 Å². The van der Waals surface area contributed by atoms with E-state index >= 15 is 0 Å². The number of alkyl halides is 3. The highest BCUT2D eigenvalue weighted by atomic mass is 32.1. The van der Waals surface area contributed by atoms with Crippen molar-refractivity contribution in [3.63, 3.8) is 0 Å². The van der Waals surface area contributed by atoms with Crippen molar-refractivity contribution in [3.05, 3.63) is 39.9 Å². The molecule has 1 aromatic heterocycles. The Balaban J connectivity index is 1.90. The zero-order valence-corrected chi connectivity index (χ0v) is 13.6. The maximum absolute atomic E-state index is 13.0. The van der Waals surface area contributed by atoms with E-state index in [4.69, 9.17) is 10.00 Å². The Bertz CT molecular complexity index is 795. The zero-order valence-electron chi connectivity index (χ0n) is 12.8. The minimum Gasteiger partial charge on any atom is -0.376 e. The molecule has 0 spiro atoms. The molecule has 1 N–H and O–H groups in total. The first kappa shape index (κ1) is 16.7.